The molecule has 0 aliphatic rings. The lowest BCUT2D eigenvalue weighted by Gasteiger charge is -2.19. The summed E-state index contributed by atoms with van der Waals surface area (Å²) in [6.45, 7) is 9.53. The van der Waals surface area contributed by atoms with Gasteiger partial charge in [-0.05, 0) is 78.7 Å². The first-order valence-electron chi connectivity index (χ1n) is 12.0. The molecule has 0 saturated carbocycles. The number of thiazole rings is 1. The monoisotopic (exact) mass is 560 g/mol. The fourth-order valence-corrected chi connectivity index (χ4v) is 6.11. The van der Waals surface area contributed by atoms with Crippen molar-refractivity contribution in [3.8, 4) is 5.75 Å². The second-order valence-corrected chi connectivity index (χ2v) is 11.5. The Bertz CT molecular complexity index is 1620. The molecule has 0 aliphatic carbocycles. The van der Waals surface area contributed by atoms with Crippen LogP contribution in [0.1, 0.15) is 21.5 Å². The standard InChI is InChI=1S/C29H28N4O4S2/c1-5-17-32(18-6-2)39(35,36)25-14-10-23(11-15-25)28(34)33(30-20-22-8-12-24(37-4)13-9-22)29-31-26-16-7-21(3)19-27(26)38-29/h5-16,19-20H,1-2,17-18H2,3-4H3/b30-20+. The highest BCUT2D eigenvalue weighted by Gasteiger charge is 2.25. The molecular formula is C29H28N4O4S2. The number of amides is 1. The Labute approximate surface area is 232 Å². The molecule has 0 saturated heterocycles. The number of rotatable bonds is 11. The molecule has 8 nitrogen and oxygen atoms in total. The molecule has 0 bridgehead atoms. The number of benzene rings is 3. The summed E-state index contributed by atoms with van der Waals surface area (Å²) in [5, 5.41) is 6.10. The molecule has 39 heavy (non-hydrogen) atoms. The van der Waals surface area contributed by atoms with Crippen molar-refractivity contribution < 1.29 is 17.9 Å². The molecule has 1 amide bonds. The normalized spacial score (nSPS) is 11.7. The fraction of sp³-hybridized carbons (Fsp3) is 0.138. The van der Waals surface area contributed by atoms with E-state index in [-0.39, 0.29) is 23.5 Å². The van der Waals surface area contributed by atoms with Crippen LogP contribution in [0.25, 0.3) is 10.2 Å². The number of hydrazone groups is 1. The molecule has 0 fully saturated rings. The van der Waals surface area contributed by atoms with E-state index in [1.54, 1.807) is 25.5 Å². The number of sulfonamides is 1. The Kier molecular flexibility index (Phi) is 8.70. The van der Waals surface area contributed by atoms with Crippen LogP contribution in [0.15, 0.2) is 102 Å². The highest BCUT2D eigenvalue weighted by Crippen LogP contribution is 2.31. The van der Waals surface area contributed by atoms with E-state index in [0.717, 1.165) is 21.3 Å². The average Bonchev–Trinajstić information content (AvgIpc) is 3.36. The molecule has 0 unspecified atom stereocenters. The predicted octanol–water partition coefficient (Wildman–Crippen LogP) is 5.66. The molecule has 1 heterocycles. The van der Waals surface area contributed by atoms with Crippen LogP contribution in [0, 0.1) is 6.92 Å². The summed E-state index contributed by atoms with van der Waals surface area (Å²) < 4.78 is 33.5. The molecule has 4 rings (SSSR count). The maximum absolute atomic E-state index is 13.7. The van der Waals surface area contributed by atoms with Crippen LogP contribution in [-0.2, 0) is 10.0 Å². The summed E-state index contributed by atoms with van der Waals surface area (Å²) in [5.41, 5.74) is 2.85. The van der Waals surface area contributed by atoms with Crippen molar-refractivity contribution >= 4 is 48.8 Å². The molecule has 200 valence electrons. The van der Waals surface area contributed by atoms with Gasteiger partial charge in [-0.15, -0.1) is 13.2 Å². The molecule has 0 aliphatic heterocycles. The van der Waals surface area contributed by atoms with Gasteiger partial charge in [0.05, 0.1) is 28.4 Å². The molecule has 0 N–H and O–H groups in total. The van der Waals surface area contributed by atoms with Crippen molar-refractivity contribution in [1.82, 2.24) is 9.29 Å². The zero-order chi connectivity index (χ0) is 28.0. The summed E-state index contributed by atoms with van der Waals surface area (Å²) in [6.07, 6.45) is 4.59. The van der Waals surface area contributed by atoms with Crippen LogP contribution in [-0.4, -0.2) is 50.0 Å². The van der Waals surface area contributed by atoms with Crippen LogP contribution >= 0.6 is 11.3 Å². The third kappa shape index (κ3) is 6.31. The smallest absolute Gasteiger partial charge is 0.280 e. The first-order valence-corrected chi connectivity index (χ1v) is 14.2. The van der Waals surface area contributed by atoms with Gasteiger partial charge in [0.1, 0.15) is 5.75 Å². The number of methoxy groups -OCH3 is 1. The maximum atomic E-state index is 13.7. The van der Waals surface area contributed by atoms with Gasteiger partial charge < -0.3 is 4.74 Å². The SMILES string of the molecule is C=CCN(CC=C)S(=O)(=O)c1ccc(C(=O)N(/N=C/c2ccc(OC)cc2)c2nc3ccc(C)cc3s2)cc1. The van der Waals surface area contributed by atoms with Crippen molar-refractivity contribution in [2.45, 2.75) is 11.8 Å². The van der Waals surface area contributed by atoms with E-state index < -0.39 is 15.9 Å². The third-order valence-corrected chi connectivity index (χ3v) is 8.59. The zero-order valence-corrected chi connectivity index (χ0v) is 23.3. The van der Waals surface area contributed by atoms with Crippen molar-refractivity contribution in [2.75, 3.05) is 25.2 Å². The summed E-state index contributed by atoms with van der Waals surface area (Å²) in [5.74, 6) is 0.255. The minimum Gasteiger partial charge on any atom is -0.497 e. The summed E-state index contributed by atoms with van der Waals surface area (Å²) in [7, 11) is -2.21. The highest BCUT2D eigenvalue weighted by molar-refractivity contribution is 7.89. The Morgan fingerprint density at radius 1 is 1.03 bits per heavy atom. The number of aromatic nitrogens is 1. The van der Waals surface area contributed by atoms with Gasteiger partial charge in [0.25, 0.3) is 5.91 Å². The van der Waals surface area contributed by atoms with Crippen molar-refractivity contribution in [3.05, 3.63) is 109 Å². The van der Waals surface area contributed by atoms with Gasteiger partial charge in [-0.1, -0.05) is 29.6 Å². The quantitative estimate of drug-likeness (QED) is 0.134. The topological polar surface area (TPSA) is 92.2 Å². The van der Waals surface area contributed by atoms with Gasteiger partial charge in [-0.2, -0.15) is 14.4 Å². The Balaban J connectivity index is 1.69. The van der Waals surface area contributed by atoms with Crippen molar-refractivity contribution in [1.29, 1.82) is 0 Å². The van der Waals surface area contributed by atoms with Crippen molar-refractivity contribution in [3.63, 3.8) is 0 Å². The number of hydrogen-bond acceptors (Lipinski definition) is 7. The third-order valence-electron chi connectivity index (χ3n) is 5.75. The average molecular weight is 561 g/mol. The predicted molar refractivity (Wildman–Crippen MR) is 157 cm³/mol. The van der Waals surface area contributed by atoms with E-state index in [0.29, 0.717) is 10.9 Å². The van der Waals surface area contributed by atoms with E-state index in [1.165, 1.54) is 57.1 Å². The molecule has 10 heteroatoms. The molecule has 0 atom stereocenters. The summed E-state index contributed by atoms with van der Waals surface area (Å²) >= 11 is 1.34. The summed E-state index contributed by atoms with van der Waals surface area (Å²) in [6, 6.07) is 18.9. The molecule has 1 aromatic heterocycles. The fourth-order valence-electron chi connectivity index (χ4n) is 3.71. The Hall–Kier alpha value is -4.12. The second-order valence-electron chi connectivity index (χ2n) is 8.53. The largest absolute Gasteiger partial charge is 0.497 e. The lowest BCUT2D eigenvalue weighted by atomic mass is 10.2. The van der Waals surface area contributed by atoms with E-state index in [2.05, 4.69) is 23.2 Å². The van der Waals surface area contributed by atoms with Gasteiger partial charge >= 0.3 is 0 Å². The van der Waals surface area contributed by atoms with Crippen LogP contribution in [0.3, 0.4) is 0 Å². The molecule has 0 radical (unpaired) electrons. The maximum Gasteiger partial charge on any atom is 0.280 e. The highest BCUT2D eigenvalue weighted by atomic mass is 32.2. The zero-order valence-electron chi connectivity index (χ0n) is 21.6. The van der Waals surface area contributed by atoms with E-state index >= 15 is 0 Å². The Morgan fingerprint density at radius 2 is 1.69 bits per heavy atom. The second kappa shape index (κ2) is 12.2. The van der Waals surface area contributed by atoms with Gasteiger partial charge in [-0.25, -0.2) is 13.4 Å². The molecular weight excluding hydrogens is 532 g/mol. The number of nitrogens with zero attached hydrogens (tertiary/aromatic N) is 4. The van der Waals surface area contributed by atoms with Crippen LogP contribution in [0.4, 0.5) is 5.13 Å². The van der Waals surface area contributed by atoms with Gasteiger partial charge in [-0.3, -0.25) is 4.79 Å². The van der Waals surface area contributed by atoms with Crippen LogP contribution in [0.2, 0.25) is 0 Å². The number of fused-ring (bicyclic) bond motifs is 1. The minimum atomic E-state index is -3.80. The van der Waals surface area contributed by atoms with Crippen LogP contribution in [0.5, 0.6) is 5.75 Å². The van der Waals surface area contributed by atoms with E-state index in [1.807, 2.05) is 37.3 Å². The van der Waals surface area contributed by atoms with E-state index in [4.69, 9.17) is 4.74 Å². The van der Waals surface area contributed by atoms with Gasteiger partial charge in [0.2, 0.25) is 15.2 Å². The number of carbonyl (C=O) groups excluding carboxylic acids is 1. The Morgan fingerprint density at radius 3 is 2.31 bits per heavy atom. The first-order chi connectivity index (χ1) is 18.8. The number of hydrogen-bond donors (Lipinski definition) is 0. The molecule has 4 aromatic rings. The number of ether oxygens (including phenoxy) is 1. The number of carbonyl (C=O) groups is 1. The van der Waals surface area contributed by atoms with E-state index in [9.17, 15) is 13.2 Å². The lowest BCUT2D eigenvalue weighted by Crippen LogP contribution is -2.31. The molecule has 3 aromatic carbocycles. The summed E-state index contributed by atoms with van der Waals surface area (Å²) in [4.78, 5) is 18.4. The van der Waals surface area contributed by atoms with Crippen LogP contribution < -0.4 is 9.75 Å². The molecule has 0 spiro atoms. The number of aryl methyl sites for hydroxylation is 1. The van der Waals surface area contributed by atoms with Gasteiger partial charge in [0, 0.05) is 18.7 Å². The minimum absolute atomic E-state index is 0.0616. The van der Waals surface area contributed by atoms with Gasteiger partial charge in [0.15, 0.2) is 0 Å². The van der Waals surface area contributed by atoms with Crippen molar-refractivity contribution in [2.24, 2.45) is 5.10 Å². The lowest BCUT2D eigenvalue weighted by molar-refractivity contribution is 0.0987. The first kappa shape index (κ1) is 27.9. The number of anilines is 1.